The molecule has 5 aromatic rings. The van der Waals surface area contributed by atoms with Crippen LogP contribution in [0.5, 0.6) is 0 Å². The van der Waals surface area contributed by atoms with Gasteiger partial charge < -0.3 is 20.1 Å². The SMILES string of the molecule is CCOC(=O)NCc1cccc(NC(=O)c2nn(COCC[Si](C)(C)C)c3ccc(-c4cncc5ccccc45)cc23)c1. The highest BCUT2D eigenvalue weighted by molar-refractivity contribution is 6.76. The molecule has 10 heteroatoms. The van der Waals surface area contributed by atoms with E-state index in [4.69, 9.17) is 14.6 Å². The predicted octanol–water partition coefficient (Wildman–Crippen LogP) is 7.06. The lowest BCUT2D eigenvalue weighted by Gasteiger charge is -2.15. The van der Waals surface area contributed by atoms with Crippen molar-refractivity contribution in [3.8, 4) is 11.1 Å². The molecule has 0 radical (unpaired) electrons. The molecule has 0 aliphatic rings. The fourth-order valence-electron chi connectivity index (χ4n) is 4.79. The van der Waals surface area contributed by atoms with Crippen molar-refractivity contribution in [3.63, 3.8) is 0 Å². The van der Waals surface area contributed by atoms with Crippen LogP contribution in [0.2, 0.25) is 25.7 Å². The van der Waals surface area contributed by atoms with Gasteiger partial charge in [-0.05, 0) is 53.7 Å². The minimum absolute atomic E-state index is 0.248. The molecule has 0 aliphatic carbocycles. The maximum Gasteiger partial charge on any atom is 0.407 e. The van der Waals surface area contributed by atoms with Crippen molar-refractivity contribution in [1.82, 2.24) is 20.1 Å². The Hall–Kier alpha value is -4.54. The lowest BCUT2D eigenvalue weighted by Crippen LogP contribution is -2.23. The number of fused-ring (bicyclic) bond motifs is 2. The lowest BCUT2D eigenvalue weighted by molar-refractivity contribution is 0.0809. The highest BCUT2D eigenvalue weighted by atomic mass is 28.3. The average molecular weight is 596 g/mol. The highest BCUT2D eigenvalue weighted by Gasteiger charge is 2.20. The van der Waals surface area contributed by atoms with Gasteiger partial charge in [0.2, 0.25) is 0 Å². The van der Waals surface area contributed by atoms with Crippen LogP contribution >= 0.6 is 0 Å². The molecule has 0 unspecified atom stereocenters. The number of hydrogen-bond donors (Lipinski definition) is 2. The van der Waals surface area contributed by atoms with Crippen LogP contribution in [0.3, 0.4) is 0 Å². The number of rotatable bonds is 11. The highest BCUT2D eigenvalue weighted by Crippen LogP contribution is 2.31. The number of amides is 2. The molecule has 0 bridgehead atoms. The van der Waals surface area contributed by atoms with Gasteiger partial charge in [0, 0.05) is 55.6 Å². The summed E-state index contributed by atoms with van der Waals surface area (Å²) in [4.78, 5) is 29.9. The first-order chi connectivity index (χ1) is 20.7. The summed E-state index contributed by atoms with van der Waals surface area (Å²) in [5, 5.41) is 13.3. The van der Waals surface area contributed by atoms with E-state index in [1.54, 1.807) is 17.7 Å². The molecule has 2 N–H and O–H groups in total. The van der Waals surface area contributed by atoms with Gasteiger partial charge in [0.15, 0.2) is 5.69 Å². The van der Waals surface area contributed by atoms with Gasteiger partial charge in [0.1, 0.15) is 6.73 Å². The molecule has 2 heterocycles. The van der Waals surface area contributed by atoms with Crippen molar-refractivity contribution < 1.29 is 19.1 Å². The summed E-state index contributed by atoms with van der Waals surface area (Å²) < 4.78 is 12.7. The van der Waals surface area contributed by atoms with Crippen LogP contribution < -0.4 is 10.6 Å². The molecule has 0 spiro atoms. The molecule has 0 atom stereocenters. The van der Waals surface area contributed by atoms with E-state index >= 15 is 0 Å². The molecular weight excluding hydrogens is 558 g/mol. The van der Waals surface area contributed by atoms with Crippen LogP contribution in [-0.2, 0) is 22.7 Å². The largest absolute Gasteiger partial charge is 0.450 e. The Kier molecular flexibility index (Phi) is 9.18. The molecule has 222 valence electrons. The molecule has 5 rings (SSSR count). The smallest absolute Gasteiger partial charge is 0.407 e. The molecule has 9 nitrogen and oxygen atoms in total. The van der Waals surface area contributed by atoms with Crippen LogP contribution in [0, 0.1) is 0 Å². The Morgan fingerprint density at radius 1 is 0.953 bits per heavy atom. The fourth-order valence-corrected chi connectivity index (χ4v) is 5.55. The minimum Gasteiger partial charge on any atom is -0.450 e. The van der Waals surface area contributed by atoms with Crippen LogP contribution in [0.25, 0.3) is 32.8 Å². The molecule has 0 saturated carbocycles. The number of nitrogens with zero attached hydrogens (tertiary/aromatic N) is 3. The zero-order chi connectivity index (χ0) is 30.4. The van der Waals surface area contributed by atoms with E-state index < -0.39 is 14.2 Å². The Bertz CT molecular complexity index is 1760. The predicted molar refractivity (Wildman–Crippen MR) is 173 cm³/mol. The topological polar surface area (TPSA) is 107 Å². The van der Waals surface area contributed by atoms with E-state index in [0.717, 1.165) is 44.4 Å². The van der Waals surface area contributed by atoms with Crippen molar-refractivity contribution in [2.24, 2.45) is 0 Å². The third kappa shape index (κ3) is 7.46. The lowest BCUT2D eigenvalue weighted by atomic mass is 9.99. The number of carbonyl (C=O) groups excluding carboxylic acids is 2. The van der Waals surface area contributed by atoms with Crippen molar-refractivity contribution in [2.45, 2.75) is 45.9 Å². The molecule has 0 aliphatic heterocycles. The van der Waals surface area contributed by atoms with Crippen molar-refractivity contribution in [1.29, 1.82) is 0 Å². The van der Waals surface area contributed by atoms with E-state index in [0.29, 0.717) is 24.6 Å². The molecular formula is C33H37N5O4Si. The monoisotopic (exact) mass is 595 g/mol. The number of ether oxygens (including phenoxy) is 2. The van der Waals surface area contributed by atoms with Gasteiger partial charge in [-0.15, -0.1) is 0 Å². The van der Waals surface area contributed by atoms with Gasteiger partial charge in [0.25, 0.3) is 5.91 Å². The third-order valence-electron chi connectivity index (χ3n) is 7.05. The molecule has 43 heavy (non-hydrogen) atoms. The Morgan fingerprint density at radius 3 is 2.60 bits per heavy atom. The quantitative estimate of drug-likeness (QED) is 0.125. The number of carbonyl (C=O) groups is 2. The van der Waals surface area contributed by atoms with Crippen molar-refractivity contribution >= 4 is 47.4 Å². The van der Waals surface area contributed by atoms with Gasteiger partial charge in [-0.3, -0.25) is 9.78 Å². The van der Waals surface area contributed by atoms with Gasteiger partial charge in [-0.1, -0.05) is 62.1 Å². The number of hydrogen-bond acceptors (Lipinski definition) is 6. The summed E-state index contributed by atoms with van der Waals surface area (Å²) in [6, 6.07) is 22.5. The Labute approximate surface area is 252 Å². The Morgan fingerprint density at radius 2 is 1.79 bits per heavy atom. The van der Waals surface area contributed by atoms with E-state index in [1.165, 1.54) is 0 Å². The summed E-state index contributed by atoms with van der Waals surface area (Å²) in [7, 11) is -1.25. The fraction of sp³-hybridized carbons (Fsp3) is 0.273. The maximum absolute atomic E-state index is 13.7. The van der Waals surface area contributed by atoms with Crippen molar-refractivity contribution in [2.75, 3.05) is 18.5 Å². The normalized spacial score (nSPS) is 11.5. The second-order valence-electron chi connectivity index (χ2n) is 11.6. The van der Waals surface area contributed by atoms with Crippen LogP contribution in [0.1, 0.15) is 23.0 Å². The van der Waals surface area contributed by atoms with E-state index in [1.807, 2.05) is 67.0 Å². The summed E-state index contributed by atoms with van der Waals surface area (Å²) in [5.74, 6) is -0.338. The molecule has 2 amide bonds. The van der Waals surface area contributed by atoms with E-state index in [9.17, 15) is 9.59 Å². The maximum atomic E-state index is 13.7. The first kappa shape index (κ1) is 29.9. The van der Waals surface area contributed by atoms with Gasteiger partial charge in [-0.2, -0.15) is 5.10 Å². The molecule has 2 aromatic heterocycles. The number of benzene rings is 3. The second kappa shape index (κ2) is 13.2. The van der Waals surface area contributed by atoms with E-state index in [-0.39, 0.29) is 19.2 Å². The number of aromatic nitrogens is 3. The second-order valence-corrected chi connectivity index (χ2v) is 17.2. The van der Waals surface area contributed by atoms with Crippen LogP contribution in [0.4, 0.5) is 10.5 Å². The molecule has 3 aromatic carbocycles. The summed E-state index contributed by atoms with van der Waals surface area (Å²) in [5.41, 5.74) is 4.44. The number of alkyl carbamates (subject to hydrolysis) is 1. The summed E-state index contributed by atoms with van der Waals surface area (Å²) in [6.07, 6.45) is 3.21. The summed E-state index contributed by atoms with van der Waals surface area (Å²) >= 11 is 0. The van der Waals surface area contributed by atoms with Crippen LogP contribution in [0.15, 0.2) is 79.1 Å². The average Bonchev–Trinajstić information content (AvgIpc) is 3.36. The van der Waals surface area contributed by atoms with E-state index in [2.05, 4.69) is 41.3 Å². The first-order valence-corrected chi connectivity index (χ1v) is 18.1. The van der Waals surface area contributed by atoms with Gasteiger partial charge >= 0.3 is 6.09 Å². The zero-order valence-electron chi connectivity index (χ0n) is 25.0. The van der Waals surface area contributed by atoms with Crippen molar-refractivity contribution in [3.05, 3.63) is 90.4 Å². The summed E-state index contributed by atoms with van der Waals surface area (Å²) in [6.45, 7) is 10.2. The Balaban J connectivity index is 1.46. The van der Waals surface area contributed by atoms with Gasteiger partial charge in [-0.25, -0.2) is 9.48 Å². The number of anilines is 1. The standard InChI is InChI=1S/C33H37N5O4Si/c1-5-42-33(40)35-19-23-9-8-11-26(17-23)36-32(39)31-28-18-24(29-21-34-20-25-10-6-7-12-27(25)29)13-14-30(28)38(37-31)22-41-15-16-43(2,3)4/h6-14,17-18,20-21H,5,15-16,19,22H2,1-4H3,(H,35,40)(H,36,39). The molecule has 0 saturated heterocycles. The number of nitrogens with one attached hydrogen (secondary N) is 2. The first-order valence-electron chi connectivity index (χ1n) is 14.4. The third-order valence-corrected chi connectivity index (χ3v) is 8.76. The zero-order valence-corrected chi connectivity index (χ0v) is 26.0. The minimum atomic E-state index is -1.25. The molecule has 0 fully saturated rings. The van der Waals surface area contributed by atoms with Crippen LogP contribution in [-0.4, -0.2) is 48.1 Å². The van der Waals surface area contributed by atoms with Gasteiger partial charge in [0.05, 0.1) is 12.1 Å². The number of pyridine rings is 1.